The summed E-state index contributed by atoms with van der Waals surface area (Å²) in [7, 11) is 0. The first kappa shape index (κ1) is 13.4. The first-order valence-electron chi connectivity index (χ1n) is 7.22. The van der Waals surface area contributed by atoms with Gasteiger partial charge in [0.2, 0.25) is 0 Å². The molecule has 3 nitrogen and oxygen atoms in total. The van der Waals surface area contributed by atoms with E-state index in [-0.39, 0.29) is 6.04 Å². The number of hydrogen-bond acceptors (Lipinski definition) is 3. The van der Waals surface area contributed by atoms with E-state index in [1.807, 2.05) is 18.2 Å². The van der Waals surface area contributed by atoms with E-state index in [1.165, 1.54) is 31.5 Å². The fourth-order valence-electron chi connectivity index (χ4n) is 3.07. The molecule has 104 valence electrons. The van der Waals surface area contributed by atoms with Gasteiger partial charge < -0.3 is 5.73 Å². The molecule has 1 heterocycles. The second-order valence-electron chi connectivity index (χ2n) is 5.58. The van der Waals surface area contributed by atoms with Crippen molar-refractivity contribution in [3.63, 3.8) is 0 Å². The summed E-state index contributed by atoms with van der Waals surface area (Å²) < 4.78 is 0. The second-order valence-corrected chi connectivity index (χ2v) is 5.98. The molecule has 3 rings (SSSR count). The Kier molecular flexibility index (Phi) is 4.08. The van der Waals surface area contributed by atoms with Crippen LogP contribution in [0.25, 0.3) is 0 Å². The molecule has 0 spiro atoms. The topological polar surface area (TPSA) is 32.5 Å². The number of piperazine rings is 1. The molecule has 1 aromatic carbocycles. The maximum absolute atomic E-state index is 6.31. The molecule has 0 amide bonds. The van der Waals surface area contributed by atoms with E-state index in [4.69, 9.17) is 17.3 Å². The maximum atomic E-state index is 6.31. The van der Waals surface area contributed by atoms with Gasteiger partial charge in [0.15, 0.2) is 0 Å². The Morgan fingerprint density at radius 2 is 1.84 bits per heavy atom. The van der Waals surface area contributed by atoms with E-state index >= 15 is 0 Å². The van der Waals surface area contributed by atoms with Gasteiger partial charge in [0.05, 0.1) is 0 Å². The zero-order chi connectivity index (χ0) is 13.2. The minimum atomic E-state index is 0.259. The fourth-order valence-corrected chi connectivity index (χ4v) is 3.33. The van der Waals surface area contributed by atoms with Crippen molar-refractivity contribution in [2.75, 3.05) is 32.7 Å². The molecule has 19 heavy (non-hydrogen) atoms. The lowest BCUT2D eigenvalue weighted by Crippen LogP contribution is -2.49. The molecule has 1 aliphatic carbocycles. The van der Waals surface area contributed by atoms with Gasteiger partial charge in [-0.05, 0) is 24.5 Å². The van der Waals surface area contributed by atoms with Crippen molar-refractivity contribution in [1.82, 2.24) is 9.80 Å². The molecule has 1 saturated heterocycles. The van der Waals surface area contributed by atoms with Crippen LogP contribution in [-0.2, 0) is 0 Å². The molecule has 4 heteroatoms. The Morgan fingerprint density at radius 3 is 2.42 bits per heavy atom. The van der Waals surface area contributed by atoms with Crippen LogP contribution in [-0.4, -0.2) is 48.6 Å². The van der Waals surface area contributed by atoms with Crippen molar-refractivity contribution < 1.29 is 0 Å². The van der Waals surface area contributed by atoms with Crippen molar-refractivity contribution in [2.24, 2.45) is 5.73 Å². The average Bonchev–Trinajstić information content (AvgIpc) is 3.27. The van der Waals surface area contributed by atoms with E-state index < -0.39 is 0 Å². The predicted molar refractivity (Wildman–Crippen MR) is 79.4 cm³/mol. The summed E-state index contributed by atoms with van der Waals surface area (Å²) in [6, 6.07) is 9.22. The third kappa shape index (κ3) is 2.95. The van der Waals surface area contributed by atoms with Crippen LogP contribution < -0.4 is 5.73 Å². The number of benzene rings is 1. The summed E-state index contributed by atoms with van der Waals surface area (Å²) in [5.41, 5.74) is 7.17. The van der Waals surface area contributed by atoms with Gasteiger partial charge in [-0.15, -0.1) is 0 Å². The van der Waals surface area contributed by atoms with Crippen molar-refractivity contribution in [3.05, 3.63) is 34.9 Å². The SMILES string of the molecule is NCC(c1ccccc1Cl)N1CCN(C2CC2)CC1. The highest BCUT2D eigenvalue weighted by Gasteiger charge is 2.33. The second kappa shape index (κ2) is 5.80. The van der Waals surface area contributed by atoms with Crippen molar-refractivity contribution in [1.29, 1.82) is 0 Å². The minimum absolute atomic E-state index is 0.259. The molecule has 1 unspecified atom stereocenters. The summed E-state index contributed by atoms with van der Waals surface area (Å²) in [4.78, 5) is 5.11. The molecule has 1 saturated carbocycles. The van der Waals surface area contributed by atoms with Gasteiger partial charge in [-0.3, -0.25) is 9.80 Å². The van der Waals surface area contributed by atoms with Crippen LogP contribution in [0.1, 0.15) is 24.4 Å². The van der Waals surface area contributed by atoms with E-state index in [1.54, 1.807) is 0 Å². The first-order valence-corrected chi connectivity index (χ1v) is 7.60. The Morgan fingerprint density at radius 1 is 1.16 bits per heavy atom. The minimum Gasteiger partial charge on any atom is -0.329 e. The quantitative estimate of drug-likeness (QED) is 0.916. The summed E-state index contributed by atoms with van der Waals surface area (Å²) in [6.07, 6.45) is 2.79. The number of nitrogens with two attached hydrogens (primary N) is 1. The third-order valence-electron chi connectivity index (χ3n) is 4.34. The van der Waals surface area contributed by atoms with Gasteiger partial charge in [0.25, 0.3) is 0 Å². The monoisotopic (exact) mass is 279 g/mol. The number of halogens is 1. The molecule has 1 atom stereocenters. The van der Waals surface area contributed by atoms with Crippen LogP contribution >= 0.6 is 11.6 Å². The van der Waals surface area contributed by atoms with E-state index in [0.717, 1.165) is 24.2 Å². The highest BCUT2D eigenvalue weighted by Crippen LogP contribution is 2.31. The Balaban J connectivity index is 1.68. The van der Waals surface area contributed by atoms with Crippen LogP contribution in [0.15, 0.2) is 24.3 Å². The summed E-state index contributed by atoms with van der Waals surface area (Å²) in [5.74, 6) is 0. The molecular formula is C15H22ClN3. The zero-order valence-corrected chi connectivity index (χ0v) is 12.0. The molecule has 2 N–H and O–H groups in total. The summed E-state index contributed by atoms with van der Waals surface area (Å²) >= 11 is 6.31. The summed E-state index contributed by atoms with van der Waals surface area (Å²) in [6.45, 7) is 5.18. The lowest BCUT2D eigenvalue weighted by Gasteiger charge is -2.39. The van der Waals surface area contributed by atoms with E-state index in [0.29, 0.717) is 6.54 Å². The van der Waals surface area contributed by atoms with Gasteiger partial charge in [0.1, 0.15) is 0 Å². The van der Waals surface area contributed by atoms with Crippen molar-refractivity contribution in [2.45, 2.75) is 24.9 Å². The molecule has 1 aliphatic heterocycles. The van der Waals surface area contributed by atoms with Gasteiger partial charge in [-0.1, -0.05) is 29.8 Å². The Labute approximate surface area is 120 Å². The predicted octanol–water partition coefficient (Wildman–Crippen LogP) is 2.12. The molecule has 0 bridgehead atoms. The van der Waals surface area contributed by atoms with Gasteiger partial charge >= 0.3 is 0 Å². The van der Waals surface area contributed by atoms with Crippen LogP contribution in [0.4, 0.5) is 0 Å². The maximum Gasteiger partial charge on any atom is 0.0486 e. The lowest BCUT2D eigenvalue weighted by molar-refractivity contribution is 0.0938. The van der Waals surface area contributed by atoms with E-state index in [9.17, 15) is 0 Å². The molecule has 2 aliphatic rings. The highest BCUT2D eigenvalue weighted by atomic mass is 35.5. The van der Waals surface area contributed by atoms with Crippen LogP contribution in [0.5, 0.6) is 0 Å². The van der Waals surface area contributed by atoms with Gasteiger partial charge in [0, 0.05) is 49.8 Å². The Bertz CT molecular complexity index is 425. The van der Waals surface area contributed by atoms with Crippen molar-refractivity contribution >= 4 is 11.6 Å². The van der Waals surface area contributed by atoms with Crippen LogP contribution in [0.3, 0.4) is 0 Å². The third-order valence-corrected chi connectivity index (χ3v) is 4.68. The highest BCUT2D eigenvalue weighted by molar-refractivity contribution is 6.31. The normalized spacial score (nSPS) is 23.5. The Hall–Kier alpha value is -0.610. The first-order chi connectivity index (χ1) is 9.29. The fraction of sp³-hybridized carbons (Fsp3) is 0.600. The molecule has 0 radical (unpaired) electrons. The number of hydrogen-bond donors (Lipinski definition) is 1. The molecule has 1 aromatic rings. The smallest absolute Gasteiger partial charge is 0.0486 e. The van der Waals surface area contributed by atoms with Crippen LogP contribution in [0, 0.1) is 0 Å². The zero-order valence-electron chi connectivity index (χ0n) is 11.3. The van der Waals surface area contributed by atoms with Crippen molar-refractivity contribution in [3.8, 4) is 0 Å². The van der Waals surface area contributed by atoms with Crippen LogP contribution in [0.2, 0.25) is 5.02 Å². The summed E-state index contributed by atoms with van der Waals surface area (Å²) in [5, 5.41) is 0.836. The number of nitrogens with zero attached hydrogens (tertiary/aromatic N) is 2. The molecular weight excluding hydrogens is 258 g/mol. The largest absolute Gasteiger partial charge is 0.329 e. The number of rotatable bonds is 4. The van der Waals surface area contributed by atoms with Gasteiger partial charge in [-0.2, -0.15) is 0 Å². The molecule has 2 fully saturated rings. The lowest BCUT2D eigenvalue weighted by atomic mass is 10.0. The average molecular weight is 280 g/mol. The molecule has 0 aromatic heterocycles. The standard InChI is InChI=1S/C15H22ClN3/c16-14-4-2-1-3-13(14)15(11-17)19-9-7-18(8-10-19)12-5-6-12/h1-4,12,15H,5-11,17H2. The van der Waals surface area contributed by atoms with Gasteiger partial charge in [-0.25, -0.2) is 0 Å². The van der Waals surface area contributed by atoms with E-state index in [2.05, 4.69) is 15.9 Å².